The lowest BCUT2D eigenvalue weighted by Crippen LogP contribution is -2.43. The average Bonchev–Trinajstić information content (AvgIpc) is 2.00. The maximum Gasteiger partial charge on any atom is 0.276 e. The SMILES string of the molecule is O=S(O)C(CO[SiH3])(O[SiH3])O[SiH3]. The zero-order chi connectivity index (χ0) is 8.91. The molecule has 0 aliphatic heterocycles. The van der Waals surface area contributed by atoms with Crippen molar-refractivity contribution in [1.82, 2.24) is 0 Å². The summed E-state index contributed by atoms with van der Waals surface area (Å²) in [6.45, 7) is 0.0370. The quantitative estimate of drug-likeness (QED) is 0.296. The predicted octanol–water partition coefficient (Wildman–Crippen LogP) is -4.25. The molecule has 9 heteroatoms. The molecule has 0 saturated heterocycles. The molecular weight excluding hydrogens is 220 g/mol. The second-order valence-electron chi connectivity index (χ2n) is 1.77. The summed E-state index contributed by atoms with van der Waals surface area (Å²) in [5, 5.41) is -1.40. The molecule has 0 aromatic carbocycles. The van der Waals surface area contributed by atoms with Gasteiger partial charge in [0.1, 0.15) is 17.1 Å². The summed E-state index contributed by atoms with van der Waals surface area (Å²) in [6.07, 6.45) is 0. The van der Waals surface area contributed by atoms with E-state index in [-0.39, 0.29) is 6.61 Å². The predicted molar refractivity (Wildman–Crippen MR) is 51.4 cm³/mol. The van der Waals surface area contributed by atoms with Gasteiger partial charge < -0.3 is 17.8 Å². The van der Waals surface area contributed by atoms with Crippen molar-refractivity contribution in [3.8, 4) is 0 Å². The van der Waals surface area contributed by atoms with Gasteiger partial charge in [0, 0.05) is 0 Å². The van der Waals surface area contributed by atoms with Crippen LogP contribution in [0.4, 0.5) is 0 Å². The molecule has 0 radical (unpaired) electrons. The highest BCUT2D eigenvalue weighted by Gasteiger charge is 2.35. The molecule has 0 aromatic rings. The molecule has 0 saturated carbocycles. The number of hydrogen-bond donors (Lipinski definition) is 1. The lowest BCUT2D eigenvalue weighted by molar-refractivity contribution is -0.0591. The van der Waals surface area contributed by atoms with E-state index >= 15 is 0 Å². The van der Waals surface area contributed by atoms with Gasteiger partial charge in [-0.05, 0) is 0 Å². The van der Waals surface area contributed by atoms with Crippen LogP contribution in [0, 0.1) is 0 Å². The summed E-state index contributed by atoms with van der Waals surface area (Å²) in [5.41, 5.74) is 0. The van der Waals surface area contributed by atoms with Crippen molar-refractivity contribution in [2.75, 3.05) is 6.61 Å². The fraction of sp³-hybridized carbons (Fsp3) is 1.00. The highest BCUT2D eigenvalue weighted by atomic mass is 32.2. The molecule has 11 heavy (non-hydrogen) atoms. The third-order valence-electron chi connectivity index (χ3n) is 1.21. The van der Waals surface area contributed by atoms with Gasteiger partial charge >= 0.3 is 0 Å². The van der Waals surface area contributed by atoms with Crippen molar-refractivity contribution in [2.45, 2.75) is 5.12 Å². The van der Waals surface area contributed by atoms with E-state index in [2.05, 4.69) is 0 Å². The molecule has 0 aliphatic rings. The van der Waals surface area contributed by atoms with Crippen LogP contribution in [-0.2, 0) is 24.4 Å². The Kier molecular flexibility index (Phi) is 5.62. The first kappa shape index (κ1) is 11.6. The second-order valence-corrected chi connectivity index (χ2v) is 4.29. The Morgan fingerprint density at radius 2 is 1.82 bits per heavy atom. The van der Waals surface area contributed by atoms with E-state index in [1.54, 1.807) is 0 Å². The fourth-order valence-corrected chi connectivity index (χ4v) is 3.42. The highest BCUT2D eigenvalue weighted by Crippen LogP contribution is 2.13. The van der Waals surface area contributed by atoms with Crippen molar-refractivity contribution >= 4 is 42.5 Å². The molecule has 0 aromatic heterocycles. The molecule has 68 valence electrons. The van der Waals surface area contributed by atoms with Crippen LogP contribution in [0.3, 0.4) is 0 Å². The first-order valence-corrected chi connectivity index (χ1v) is 6.38. The lowest BCUT2D eigenvalue weighted by atomic mass is 10.7. The minimum Gasteiger partial charge on any atom is -0.421 e. The van der Waals surface area contributed by atoms with Crippen LogP contribution in [0.1, 0.15) is 0 Å². The largest absolute Gasteiger partial charge is 0.421 e. The molecule has 0 bridgehead atoms. The van der Waals surface area contributed by atoms with E-state index in [1.807, 2.05) is 0 Å². The fourth-order valence-electron chi connectivity index (χ4n) is 0.571. The van der Waals surface area contributed by atoms with Crippen LogP contribution in [-0.4, -0.2) is 51.9 Å². The van der Waals surface area contributed by atoms with Crippen LogP contribution in [0.2, 0.25) is 0 Å². The van der Waals surface area contributed by atoms with Crippen molar-refractivity contribution in [3.05, 3.63) is 0 Å². The van der Waals surface area contributed by atoms with E-state index in [0.717, 1.165) is 0 Å². The van der Waals surface area contributed by atoms with Crippen LogP contribution in [0.15, 0.2) is 0 Å². The Balaban J connectivity index is 4.32. The van der Waals surface area contributed by atoms with Gasteiger partial charge in [0.2, 0.25) is 11.1 Å². The maximum absolute atomic E-state index is 10.7. The van der Waals surface area contributed by atoms with Crippen molar-refractivity contribution < 1.29 is 22.0 Å². The van der Waals surface area contributed by atoms with Crippen LogP contribution < -0.4 is 0 Å². The normalized spacial score (nSPS) is 20.1. The summed E-state index contributed by atoms with van der Waals surface area (Å²) in [4.78, 5) is 0. The van der Waals surface area contributed by atoms with Gasteiger partial charge in [0.25, 0.3) is 5.12 Å². The summed E-state index contributed by atoms with van der Waals surface area (Å²) in [6, 6.07) is 0. The van der Waals surface area contributed by atoms with Gasteiger partial charge in [-0.25, -0.2) is 4.21 Å². The van der Waals surface area contributed by atoms with Gasteiger partial charge in [-0.2, -0.15) is 0 Å². The summed E-state index contributed by atoms with van der Waals surface area (Å²) < 4.78 is 34.1. The van der Waals surface area contributed by atoms with E-state index in [0.29, 0.717) is 31.5 Å². The summed E-state index contributed by atoms with van der Waals surface area (Å²) in [5.74, 6) is 0. The van der Waals surface area contributed by atoms with Gasteiger partial charge in [0.05, 0.1) is 0 Å². The molecule has 1 atom stereocenters. The maximum atomic E-state index is 10.7. The summed E-state index contributed by atoms with van der Waals surface area (Å²) >= 11 is -2.14. The van der Waals surface area contributed by atoms with Crippen molar-refractivity contribution in [2.24, 2.45) is 0 Å². The third-order valence-corrected chi connectivity index (χ3v) is 4.39. The molecule has 1 unspecified atom stereocenters. The van der Waals surface area contributed by atoms with Crippen LogP contribution in [0.25, 0.3) is 0 Å². The minimum absolute atomic E-state index is 0.0370. The van der Waals surface area contributed by atoms with Gasteiger partial charge in [0.15, 0.2) is 21.0 Å². The molecular formula is C2H12O5SSi3. The Hall–Kier alpha value is 0.641. The molecule has 0 spiro atoms. The molecule has 0 amide bonds. The average molecular weight is 232 g/mol. The van der Waals surface area contributed by atoms with Gasteiger partial charge in [-0.15, -0.1) is 0 Å². The summed E-state index contributed by atoms with van der Waals surface area (Å²) in [7, 11) is 1.19. The highest BCUT2D eigenvalue weighted by molar-refractivity contribution is 7.80. The van der Waals surface area contributed by atoms with E-state index in [9.17, 15) is 4.21 Å². The molecule has 0 aliphatic carbocycles. The minimum atomic E-state index is -2.14. The number of rotatable bonds is 5. The second kappa shape index (κ2) is 5.32. The zero-order valence-corrected chi connectivity index (χ0v) is 13.5. The number of hydrogen-bond acceptors (Lipinski definition) is 4. The lowest BCUT2D eigenvalue weighted by Gasteiger charge is -2.27. The van der Waals surface area contributed by atoms with Crippen LogP contribution >= 0.6 is 0 Å². The molecule has 0 rings (SSSR count). The zero-order valence-electron chi connectivity index (χ0n) is 6.70. The first-order valence-electron chi connectivity index (χ1n) is 2.83. The van der Waals surface area contributed by atoms with E-state index in [4.69, 9.17) is 17.8 Å². The van der Waals surface area contributed by atoms with E-state index in [1.165, 1.54) is 0 Å². The smallest absolute Gasteiger partial charge is 0.276 e. The molecule has 5 nitrogen and oxygen atoms in total. The Labute approximate surface area is 76.7 Å². The van der Waals surface area contributed by atoms with Gasteiger partial charge in [-0.3, -0.25) is 0 Å². The van der Waals surface area contributed by atoms with Crippen molar-refractivity contribution in [1.29, 1.82) is 0 Å². The van der Waals surface area contributed by atoms with Gasteiger partial charge in [-0.1, -0.05) is 0 Å². The molecule has 0 heterocycles. The van der Waals surface area contributed by atoms with Crippen LogP contribution in [0.5, 0.6) is 0 Å². The Morgan fingerprint density at radius 3 is 1.91 bits per heavy atom. The van der Waals surface area contributed by atoms with Crippen molar-refractivity contribution in [3.63, 3.8) is 0 Å². The molecule has 1 N–H and O–H groups in total. The monoisotopic (exact) mass is 232 g/mol. The first-order chi connectivity index (χ1) is 5.13. The topological polar surface area (TPSA) is 65.0 Å². The van der Waals surface area contributed by atoms with E-state index < -0.39 is 16.2 Å². The third kappa shape index (κ3) is 2.87. The Bertz CT molecular complexity index is 138. The Morgan fingerprint density at radius 1 is 1.36 bits per heavy atom. The standard InChI is InChI=1S/C2H12O5SSi3/c3-8(4)2(6-10,7-11)1-5-9/h1H2,9-11H3,(H,3,4). The molecule has 0 fully saturated rings.